The van der Waals surface area contributed by atoms with E-state index in [1.54, 1.807) is 36.4 Å². The van der Waals surface area contributed by atoms with Crippen molar-refractivity contribution >= 4 is 17.5 Å². The van der Waals surface area contributed by atoms with Crippen LogP contribution >= 0.6 is 0 Å². The first-order valence-corrected chi connectivity index (χ1v) is 9.04. The summed E-state index contributed by atoms with van der Waals surface area (Å²) in [7, 11) is 8.36. The molecule has 0 spiro atoms. The van der Waals surface area contributed by atoms with E-state index in [-0.39, 0.29) is 11.8 Å². The van der Waals surface area contributed by atoms with Crippen molar-refractivity contribution in [3.8, 4) is 17.2 Å². The van der Waals surface area contributed by atoms with Crippen LogP contribution in [0.15, 0.2) is 36.4 Å². The highest BCUT2D eigenvalue weighted by atomic mass is 16.5. The van der Waals surface area contributed by atoms with Crippen LogP contribution in [-0.2, 0) is 0 Å². The van der Waals surface area contributed by atoms with Gasteiger partial charge in [0.15, 0.2) is 11.5 Å². The number of benzene rings is 2. The van der Waals surface area contributed by atoms with E-state index in [0.717, 1.165) is 6.54 Å². The van der Waals surface area contributed by atoms with Crippen molar-refractivity contribution in [2.75, 3.05) is 53.8 Å². The Kier molecular flexibility index (Phi) is 7.85. The third-order valence-corrected chi connectivity index (χ3v) is 4.20. The molecular weight excluding hydrogens is 374 g/mol. The molecule has 0 saturated heterocycles. The van der Waals surface area contributed by atoms with E-state index in [1.165, 1.54) is 21.3 Å². The number of carbonyl (C=O) groups excluding carboxylic acids is 2. The van der Waals surface area contributed by atoms with E-state index >= 15 is 0 Å². The SMILES string of the molecule is COc1cc(OC)c(C(=O)Nc2ccc(C(=O)NCCN(C)C)cc2)cc1OC. The second-order valence-electron chi connectivity index (χ2n) is 6.50. The number of amides is 2. The maximum atomic E-state index is 12.7. The predicted molar refractivity (Wildman–Crippen MR) is 111 cm³/mol. The molecule has 0 fully saturated rings. The molecule has 2 N–H and O–H groups in total. The summed E-state index contributed by atoms with van der Waals surface area (Å²) in [6.45, 7) is 1.32. The molecule has 0 radical (unpaired) electrons. The summed E-state index contributed by atoms with van der Waals surface area (Å²) >= 11 is 0. The fourth-order valence-electron chi connectivity index (χ4n) is 2.61. The molecule has 2 amide bonds. The molecule has 8 nitrogen and oxygen atoms in total. The fourth-order valence-corrected chi connectivity index (χ4v) is 2.61. The normalized spacial score (nSPS) is 10.4. The molecule has 0 aliphatic carbocycles. The molecule has 29 heavy (non-hydrogen) atoms. The van der Waals surface area contributed by atoms with Crippen molar-refractivity contribution in [3.63, 3.8) is 0 Å². The molecule has 2 aromatic rings. The molecule has 0 aromatic heterocycles. The van der Waals surface area contributed by atoms with E-state index in [4.69, 9.17) is 14.2 Å². The first kappa shape index (κ1) is 22.0. The number of methoxy groups -OCH3 is 3. The zero-order chi connectivity index (χ0) is 21.4. The Morgan fingerprint density at radius 2 is 1.45 bits per heavy atom. The Bertz CT molecular complexity index is 850. The van der Waals surface area contributed by atoms with Gasteiger partial charge >= 0.3 is 0 Å². The molecular formula is C21H27N3O5. The van der Waals surface area contributed by atoms with Crippen LogP contribution in [0.25, 0.3) is 0 Å². The third kappa shape index (κ3) is 5.86. The second-order valence-corrected chi connectivity index (χ2v) is 6.50. The van der Waals surface area contributed by atoms with Crippen LogP contribution in [0, 0.1) is 0 Å². The molecule has 156 valence electrons. The number of hydrogen-bond acceptors (Lipinski definition) is 6. The average Bonchev–Trinajstić information content (AvgIpc) is 2.72. The summed E-state index contributed by atoms with van der Waals surface area (Å²) in [4.78, 5) is 26.8. The first-order chi connectivity index (χ1) is 13.9. The van der Waals surface area contributed by atoms with Gasteiger partial charge in [0.25, 0.3) is 11.8 Å². The van der Waals surface area contributed by atoms with Crippen LogP contribution in [0.5, 0.6) is 17.2 Å². The number of anilines is 1. The van der Waals surface area contributed by atoms with Gasteiger partial charge in [0.1, 0.15) is 5.75 Å². The monoisotopic (exact) mass is 401 g/mol. The molecule has 0 saturated carbocycles. The quantitative estimate of drug-likeness (QED) is 0.670. The van der Waals surface area contributed by atoms with Crippen molar-refractivity contribution in [2.45, 2.75) is 0 Å². The lowest BCUT2D eigenvalue weighted by atomic mass is 10.1. The highest BCUT2D eigenvalue weighted by Crippen LogP contribution is 2.34. The van der Waals surface area contributed by atoms with E-state index in [2.05, 4.69) is 10.6 Å². The Morgan fingerprint density at radius 3 is 2.00 bits per heavy atom. The standard InChI is InChI=1S/C21H27N3O5/c1-24(2)11-10-22-20(25)14-6-8-15(9-7-14)23-21(26)16-12-18(28-4)19(29-5)13-17(16)27-3/h6-9,12-13H,10-11H2,1-5H3,(H,22,25)(H,23,26). The number of ether oxygens (including phenoxy) is 3. The van der Waals surface area contributed by atoms with E-state index in [0.29, 0.717) is 40.6 Å². The van der Waals surface area contributed by atoms with Gasteiger partial charge < -0.3 is 29.7 Å². The summed E-state index contributed by atoms with van der Waals surface area (Å²) < 4.78 is 15.8. The van der Waals surface area contributed by atoms with Crippen LogP contribution < -0.4 is 24.8 Å². The lowest BCUT2D eigenvalue weighted by Crippen LogP contribution is -2.31. The number of rotatable bonds is 9. The van der Waals surface area contributed by atoms with Crippen molar-refractivity contribution < 1.29 is 23.8 Å². The molecule has 0 unspecified atom stereocenters. The highest BCUT2D eigenvalue weighted by molar-refractivity contribution is 6.07. The summed E-state index contributed by atoms with van der Waals surface area (Å²) in [5.41, 5.74) is 1.37. The van der Waals surface area contributed by atoms with Gasteiger partial charge in [-0.05, 0) is 38.4 Å². The van der Waals surface area contributed by atoms with Gasteiger partial charge in [-0.2, -0.15) is 0 Å². The Balaban J connectivity index is 2.10. The van der Waals surface area contributed by atoms with E-state index < -0.39 is 0 Å². The minimum atomic E-state index is -0.369. The summed E-state index contributed by atoms with van der Waals surface area (Å²) in [6, 6.07) is 9.81. The third-order valence-electron chi connectivity index (χ3n) is 4.20. The van der Waals surface area contributed by atoms with Crippen molar-refractivity contribution in [2.24, 2.45) is 0 Å². The van der Waals surface area contributed by atoms with E-state index in [1.807, 2.05) is 19.0 Å². The van der Waals surface area contributed by atoms with Gasteiger partial charge in [0, 0.05) is 36.5 Å². The van der Waals surface area contributed by atoms with Gasteiger partial charge in [0.05, 0.1) is 26.9 Å². The molecule has 0 bridgehead atoms. The highest BCUT2D eigenvalue weighted by Gasteiger charge is 2.18. The first-order valence-electron chi connectivity index (χ1n) is 9.04. The van der Waals surface area contributed by atoms with Gasteiger partial charge in [-0.15, -0.1) is 0 Å². The predicted octanol–water partition coefficient (Wildman–Crippen LogP) is 2.26. The summed E-state index contributed by atoms with van der Waals surface area (Å²) in [6.07, 6.45) is 0. The van der Waals surface area contributed by atoms with Crippen LogP contribution in [0.1, 0.15) is 20.7 Å². The van der Waals surface area contributed by atoms with Crippen LogP contribution in [0.4, 0.5) is 5.69 Å². The van der Waals surface area contributed by atoms with Crippen LogP contribution in [-0.4, -0.2) is 65.2 Å². The molecule has 0 heterocycles. The minimum absolute atomic E-state index is 0.161. The van der Waals surface area contributed by atoms with Crippen molar-refractivity contribution in [3.05, 3.63) is 47.5 Å². The zero-order valence-corrected chi connectivity index (χ0v) is 17.4. The lowest BCUT2D eigenvalue weighted by Gasteiger charge is -2.14. The Hall–Kier alpha value is -3.26. The van der Waals surface area contributed by atoms with Gasteiger partial charge in [-0.3, -0.25) is 9.59 Å². The molecule has 8 heteroatoms. The number of nitrogens with zero attached hydrogens (tertiary/aromatic N) is 1. The molecule has 0 aliphatic heterocycles. The second kappa shape index (κ2) is 10.3. The molecule has 0 atom stereocenters. The summed E-state index contributed by atoms with van der Waals surface area (Å²) in [5, 5.41) is 5.64. The van der Waals surface area contributed by atoms with Crippen LogP contribution in [0.2, 0.25) is 0 Å². The van der Waals surface area contributed by atoms with Crippen molar-refractivity contribution in [1.29, 1.82) is 0 Å². The van der Waals surface area contributed by atoms with Crippen molar-refractivity contribution in [1.82, 2.24) is 10.2 Å². The smallest absolute Gasteiger partial charge is 0.259 e. The summed E-state index contributed by atoms with van der Waals surface area (Å²) in [5.74, 6) is 0.711. The lowest BCUT2D eigenvalue weighted by molar-refractivity contribution is 0.0950. The molecule has 2 rings (SSSR count). The molecule has 2 aromatic carbocycles. The zero-order valence-electron chi connectivity index (χ0n) is 17.4. The number of likely N-dealkylation sites (N-methyl/N-ethyl adjacent to an activating group) is 1. The average molecular weight is 401 g/mol. The number of carbonyl (C=O) groups is 2. The van der Waals surface area contributed by atoms with Crippen LogP contribution in [0.3, 0.4) is 0 Å². The van der Waals surface area contributed by atoms with E-state index in [9.17, 15) is 9.59 Å². The number of hydrogen-bond donors (Lipinski definition) is 2. The molecule has 0 aliphatic rings. The maximum absolute atomic E-state index is 12.7. The van der Waals surface area contributed by atoms with Gasteiger partial charge in [0.2, 0.25) is 0 Å². The topological polar surface area (TPSA) is 89.1 Å². The largest absolute Gasteiger partial charge is 0.496 e. The fraction of sp³-hybridized carbons (Fsp3) is 0.333. The maximum Gasteiger partial charge on any atom is 0.259 e. The van der Waals surface area contributed by atoms with Gasteiger partial charge in [-0.1, -0.05) is 0 Å². The Morgan fingerprint density at radius 1 is 0.862 bits per heavy atom. The number of nitrogens with one attached hydrogen (secondary N) is 2. The van der Waals surface area contributed by atoms with Gasteiger partial charge in [-0.25, -0.2) is 0 Å². The minimum Gasteiger partial charge on any atom is -0.496 e. The Labute approximate surface area is 170 Å².